The fourth-order valence-electron chi connectivity index (χ4n) is 2.38. The van der Waals surface area contributed by atoms with E-state index in [1.807, 2.05) is 0 Å². The van der Waals surface area contributed by atoms with Crippen LogP contribution in [-0.2, 0) is 4.79 Å². The maximum atomic E-state index is 12.1. The Balaban J connectivity index is 1.96. The molecule has 2 rings (SSSR count). The SMILES string of the molecule is CC(Oc1ccc(C(N)=S)cc1Cl)C(=O)NC1CCCC1. The lowest BCUT2D eigenvalue weighted by Gasteiger charge is -2.18. The van der Waals surface area contributed by atoms with Crippen LogP contribution in [0.1, 0.15) is 38.2 Å². The summed E-state index contributed by atoms with van der Waals surface area (Å²) in [5.41, 5.74) is 6.21. The second kappa shape index (κ2) is 7.09. The lowest BCUT2D eigenvalue weighted by Crippen LogP contribution is -2.41. The number of amides is 1. The van der Waals surface area contributed by atoms with Crippen LogP contribution in [0.2, 0.25) is 5.02 Å². The number of thiocarbonyl (C=S) groups is 1. The van der Waals surface area contributed by atoms with Gasteiger partial charge in [0.25, 0.3) is 5.91 Å². The molecular formula is C15H19ClN2O2S. The molecule has 1 aromatic carbocycles. The van der Waals surface area contributed by atoms with E-state index in [0.29, 0.717) is 16.3 Å². The highest BCUT2D eigenvalue weighted by molar-refractivity contribution is 7.80. The molecule has 3 N–H and O–H groups in total. The van der Waals surface area contributed by atoms with Gasteiger partial charge >= 0.3 is 0 Å². The van der Waals surface area contributed by atoms with Crippen LogP contribution in [0.25, 0.3) is 0 Å². The predicted octanol–water partition coefficient (Wildman–Crippen LogP) is 2.80. The minimum Gasteiger partial charge on any atom is -0.479 e. The van der Waals surface area contributed by atoms with Gasteiger partial charge in [-0.05, 0) is 38.0 Å². The van der Waals surface area contributed by atoms with Crippen molar-refractivity contribution in [3.63, 3.8) is 0 Å². The van der Waals surface area contributed by atoms with E-state index in [0.717, 1.165) is 12.8 Å². The molecule has 1 atom stereocenters. The second-order valence-corrected chi connectivity index (χ2v) is 6.11. The highest BCUT2D eigenvalue weighted by Gasteiger charge is 2.22. The Morgan fingerprint density at radius 3 is 2.71 bits per heavy atom. The standard InChI is InChI=1S/C15H19ClN2O2S/c1-9(15(19)18-11-4-2-3-5-11)20-13-7-6-10(14(17)21)8-12(13)16/h6-9,11H,2-5H2,1H3,(H2,17,21)(H,18,19). The third-order valence-electron chi connectivity index (χ3n) is 3.59. The topological polar surface area (TPSA) is 64.3 Å². The zero-order valence-electron chi connectivity index (χ0n) is 11.9. The molecule has 1 saturated carbocycles. The van der Waals surface area contributed by atoms with E-state index in [2.05, 4.69) is 5.32 Å². The van der Waals surface area contributed by atoms with Gasteiger partial charge in [-0.1, -0.05) is 36.7 Å². The first-order chi connectivity index (χ1) is 9.97. The molecule has 0 spiro atoms. The number of rotatable bonds is 5. The first-order valence-electron chi connectivity index (χ1n) is 7.03. The Hall–Kier alpha value is -1.33. The van der Waals surface area contributed by atoms with Crippen molar-refractivity contribution in [2.45, 2.75) is 44.8 Å². The molecule has 21 heavy (non-hydrogen) atoms. The molecule has 0 radical (unpaired) electrons. The molecule has 0 bridgehead atoms. The van der Waals surface area contributed by atoms with Crippen molar-refractivity contribution in [2.75, 3.05) is 0 Å². The number of carbonyl (C=O) groups excluding carboxylic acids is 1. The zero-order valence-corrected chi connectivity index (χ0v) is 13.5. The monoisotopic (exact) mass is 326 g/mol. The van der Waals surface area contributed by atoms with Gasteiger partial charge in [-0.3, -0.25) is 4.79 Å². The summed E-state index contributed by atoms with van der Waals surface area (Å²) in [5.74, 6) is 0.335. The molecule has 4 nitrogen and oxygen atoms in total. The van der Waals surface area contributed by atoms with E-state index >= 15 is 0 Å². The molecule has 1 aromatic rings. The highest BCUT2D eigenvalue weighted by atomic mass is 35.5. The molecule has 1 fully saturated rings. The Bertz CT molecular complexity index is 544. The van der Waals surface area contributed by atoms with Gasteiger partial charge in [0.05, 0.1) is 5.02 Å². The van der Waals surface area contributed by atoms with Gasteiger partial charge in [-0.2, -0.15) is 0 Å². The third-order valence-corrected chi connectivity index (χ3v) is 4.12. The number of nitrogens with two attached hydrogens (primary N) is 1. The van der Waals surface area contributed by atoms with E-state index in [-0.39, 0.29) is 16.9 Å². The van der Waals surface area contributed by atoms with Crippen LogP contribution < -0.4 is 15.8 Å². The van der Waals surface area contributed by atoms with Gasteiger partial charge in [0.1, 0.15) is 10.7 Å². The van der Waals surface area contributed by atoms with Gasteiger partial charge in [0.2, 0.25) is 0 Å². The number of halogens is 1. The van der Waals surface area contributed by atoms with Crippen LogP contribution in [0, 0.1) is 0 Å². The van der Waals surface area contributed by atoms with Crippen molar-refractivity contribution < 1.29 is 9.53 Å². The molecule has 1 amide bonds. The van der Waals surface area contributed by atoms with E-state index in [1.165, 1.54) is 12.8 Å². The van der Waals surface area contributed by atoms with Gasteiger partial charge in [0.15, 0.2) is 6.10 Å². The van der Waals surface area contributed by atoms with E-state index in [1.54, 1.807) is 25.1 Å². The molecule has 1 unspecified atom stereocenters. The van der Waals surface area contributed by atoms with Crippen molar-refractivity contribution in [2.24, 2.45) is 5.73 Å². The molecular weight excluding hydrogens is 308 g/mol. The minimum atomic E-state index is -0.598. The average Bonchev–Trinajstić information content (AvgIpc) is 2.93. The first kappa shape index (κ1) is 16.0. The lowest BCUT2D eigenvalue weighted by atomic mass is 10.2. The Morgan fingerprint density at radius 1 is 1.48 bits per heavy atom. The van der Waals surface area contributed by atoms with Crippen molar-refractivity contribution in [1.29, 1.82) is 0 Å². The molecule has 114 valence electrons. The fourth-order valence-corrected chi connectivity index (χ4v) is 2.73. The van der Waals surface area contributed by atoms with Crippen LogP contribution in [-0.4, -0.2) is 23.0 Å². The van der Waals surface area contributed by atoms with E-state index < -0.39 is 6.10 Å². The zero-order chi connectivity index (χ0) is 15.4. The summed E-state index contributed by atoms with van der Waals surface area (Å²) >= 11 is 11.0. The summed E-state index contributed by atoms with van der Waals surface area (Å²) < 4.78 is 5.62. The maximum Gasteiger partial charge on any atom is 0.260 e. The van der Waals surface area contributed by atoms with Crippen molar-refractivity contribution in [3.05, 3.63) is 28.8 Å². The molecule has 1 aliphatic carbocycles. The molecule has 0 aliphatic heterocycles. The number of hydrogen-bond donors (Lipinski definition) is 2. The van der Waals surface area contributed by atoms with Crippen molar-refractivity contribution in [1.82, 2.24) is 5.32 Å². The fraction of sp³-hybridized carbons (Fsp3) is 0.467. The first-order valence-corrected chi connectivity index (χ1v) is 7.82. The number of ether oxygens (including phenoxy) is 1. The van der Waals surface area contributed by atoms with Gasteiger partial charge < -0.3 is 15.8 Å². The summed E-state index contributed by atoms with van der Waals surface area (Å²) in [6.07, 6.45) is 3.83. The number of hydrogen-bond acceptors (Lipinski definition) is 3. The van der Waals surface area contributed by atoms with Crippen LogP contribution in [0.4, 0.5) is 0 Å². The third kappa shape index (κ3) is 4.32. The van der Waals surface area contributed by atoms with Crippen molar-refractivity contribution in [3.8, 4) is 5.75 Å². The molecule has 6 heteroatoms. The minimum absolute atomic E-state index is 0.114. The van der Waals surface area contributed by atoms with Gasteiger partial charge in [-0.25, -0.2) is 0 Å². The largest absolute Gasteiger partial charge is 0.479 e. The predicted molar refractivity (Wildman–Crippen MR) is 87.8 cm³/mol. The summed E-state index contributed by atoms with van der Waals surface area (Å²) in [5, 5.41) is 3.39. The maximum absolute atomic E-state index is 12.1. The molecule has 1 aliphatic rings. The summed E-state index contributed by atoms with van der Waals surface area (Å²) in [4.78, 5) is 12.3. The second-order valence-electron chi connectivity index (χ2n) is 5.26. The smallest absolute Gasteiger partial charge is 0.260 e. The summed E-state index contributed by atoms with van der Waals surface area (Å²) in [6, 6.07) is 5.32. The molecule has 0 heterocycles. The molecule has 0 saturated heterocycles. The Kier molecular flexibility index (Phi) is 5.42. The average molecular weight is 327 g/mol. The molecule has 0 aromatic heterocycles. The Labute approximate surface area is 135 Å². The number of carbonyl (C=O) groups is 1. The Morgan fingerprint density at radius 2 is 2.14 bits per heavy atom. The van der Waals surface area contributed by atoms with Gasteiger partial charge in [0, 0.05) is 11.6 Å². The van der Waals surface area contributed by atoms with E-state index in [4.69, 9.17) is 34.3 Å². The summed E-state index contributed by atoms with van der Waals surface area (Å²) in [7, 11) is 0. The van der Waals surface area contributed by atoms with Gasteiger partial charge in [-0.15, -0.1) is 0 Å². The van der Waals surface area contributed by atoms with E-state index in [9.17, 15) is 4.79 Å². The number of benzene rings is 1. The van der Waals surface area contributed by atoms with Crippen LogP contribution in [0.3, 0.4) is 0 Å². The van der Waals surface area contributed by atoms with Crippen LogP contribution >= 0.6 is 23.8 Å². The van der Waals surface area contributed by atoms with Crippen LogP contribution in [0.15, 0.2) is 18.2 Å². The van der Waals surface area contributed by atoms with Crippen molar-refractivity contribution >= 4 is 34.7 Å². The highest BCUT2D eigenvalue weighted by Crippen LogP contribution is 2.26. The lowest BCUT2D eigenvalue weighted by molar-refractivity contribution is -0.127. The quantitative estimate of drug-likeness (QED) is 0.817. The summed E-state index contributed by atoms with van der Waals surface area (Å²) in [6.45, 7) is 1.71. The number of nitrogens with one attached hydrogen (secondary N) is 1. The van der Waals surface area contributed by atoms with Crippen LogP contribution in [0.5, 0.6) is 5.75 Å². The normalized spacial score (nSPS) is 16.5.